The molecule has 0 aromatic heterocycles. The van der Waals surface area contributed by atoms with Crippen LogP contribution in [0, 0.1) is 0 Å². The predicted molar refractivity (Wildman–Crippen MR) is 69.4 cm³/mol. The minimum Gasteiger partial charge on any atom is -0.480 e. The van der Waals surface area contributed by atoms with Crippen molar-refractivity contribution in [3.8, 4) is 0 Å². The van der Waals surface area contributed by atoms with Crippen molar-refractivity contribution in [2.24, 2.45) is 0 Å². The number of likely N-dealkylation sites (N-methyl/N-ethyl adjacent to an activating group) is 1. The molecule has 1 aliphatic heterocycles. The Morgan fingerprint density at radius 1 is 1.44 bits per heavy atom. The quantitative estimate of drug-likeness (QED) is 0.802. The molecule has 1 rings (SSSR count). The Balaban J connectivity index is 2.90. The van der Waals surface area contributed by atoms with E-state index in [0.29, 0.717) is 19.5 Å². The topological polar surface area (TPSA) is 60.9 Å². The molecule has 0 spiro atoms. The zero-order chi connectivity index (χ0) is 13.9. The third-order valence-corrected chi connectivity index (χ3v) is 3.76. The second kappa shape index (κ2) is 5.69. The van der Waals surface area contributed by atoms with Crippen molar-refractivity contribution >= 4 is 11.9 Å². The van der Waals surface area contributed by atoms with E-state index in [-0.39, 0.29) is 5.91 Å². The van der Waals surface area contributed by atoms with E-state index in [9.17, 15) is 14.7 Å². The number of nitrogens with zero attached hydrogens (tertiary/aromatic N) is 2. The highest BCUT2D eigenvalue weighted by Crippen LogP contribution is 2.26. The summed E-state index contributed by atoms with van der Waals surface area (Å²) in [5.74, 6) is -0.828. The number of rotatable bonds is 5. The third kappa shape index (κ3) is 2.83. The monoisotopic (exact) mass is 256 g/mol. The van der Waals surface area contributed by atoms with Gasteiger partial charge in [0.1, 0.15) is 6.04 Å². The smallest absolute Gasteiger partial charge is 0.320 e. The van der Waals surface area contributed by atoms with Crippen molar-refractivity contribution in [3.63, 3.8) is 0 Å². The van der Waals surface area contributed by atoms with Crippen LogP contribution in [0.2, 0.25) is 0 Å². The first-order valence-electron chi connectivity index (χ1n) is 6.57. The summed E-state index contributed by atoms with van der Waals surface area (Å²) in [6, 6.07) is -0.558. The summed E-state index contributed by atoms with van der Waals surface area (Å²) >= 11 is 0. The first-order chi connectivity index (χ1) is 8.32. The van der Waals surface area contributed by atoms with Crippen LogP contribution >= 0.6 is 0 Å². The number of hydrogen-bond donors (Lipinski definition) is 1. The molecule has 1 unspecified atom stereocenters. The highest BCUT2D eigenvalue weighted by molar-refractivity contribution is 5.87. The molecule has 1 fully saturated rings. The maximum atomic E-state index is 12.1. The van der Waals surface area contributed by atoms with Crippen molar-refractivity contribution in [1.29, 1.82) is 0 Å². The number of aliphatic carboxylic acids is 1. The molecule has 0 bridgehead atoms. The summed E-state index contributed by atoms with van der Waals surface area (Å²) in [5.41, 5.74) is -0.732. The molecule has 1 amide bonds. The summed E-state index contributed by atoms with van der Waals surface area (Å²) in [4.78, 5) is 27.1. The van der Waals surface area contributed by atoms with Crippen molar-refractivity contribution < 1.29 is 14.7 Å². The van der Waals surface area contributed by atoms with Crippen LogP contribution in [0.3, 0.4) is 0 Å². The maximum absolute atomic E-state index is 12.1. The van der Waals surface area contributed by atoms with Crippen LogP contribution in [0.4, 0.5) is 0 Å². The van der Waals surface area contributed by atoms with Crippen LogP contribution in [0.1, 0.15) is 40.0 Å². The van der Waals surface area contributed by atoms with Gasteiger partial charge < -0.3 is 10.0 Å². The van der Waals surface area contributed by atoms with E-state index < -0.39 is 17.6 Å². The Kier molecular flexibility index (Phi) is 4.73. The van der Waals surface area contributed by atoms with Crippen LogP contribution in [-0.2, 0) is 9.59 Å². The molecule has 5 nitrogen and oxygen atoms in total. The summed E-state index contributed by atoms with van der Waals surface area (Å²) < 4.78 is 0. The van der Waals surface area contributed by atoms with Gasteiger partial charge in [0.05, 0.1) is 5.54 Å². The standard InChI is InChI=1S/C13H24N2O3/c1-5-6-7-10(11(16)17)15-9-8-14(4)12(18)13(15,2)3/h10H,5-9H2,1-4H3,(H,16,17). The number of carboxylic acid groups (broad SMARTS) is 1. The molecule has 1 saturated heterocycles. The van der Waals surface area contributed by atoms with Crippen molar-refractivity contribution in [3.05, 3.63) is 0 Å². The molecule has 0 aromatic rings. The lowest BCUT2D eigenvalue weighted by atomic mass is 9.93. The van der Waals surface area contributed by atoms with Crippen LogP contribution in [0.15, 0.2) is 0 Å². The van der Waals surface area contributed by atoms with E-state index in [1.807, 2.05) is 25.7 Å². The van der Waals surface area contributed by atoms with Gasteiger partial charge in [-0.3, -0.25) is 14.5 Å². The highest BCUT2D eigenvalue weighted by Gasteiger charge is 2.45. The molecule has 1 atom stereocenters. The third-order valence-electron chi connectivity index (χ3n) is 3.76. The van der Waals surface area contributed by atoms with Crippen molar-refractivity contribution in [2.75, 3.05) is 20.1 Å². The summed E-state index contributed by atoms with van der Waals surface area (Å²) in [6.45, 7) is 6.88. The second-order valence-electron chi connectivity index (χ2n) is 5.48. The molecule has 1 N–H and O–H groups in total. The summed E-state index contributed by atoms with van der Waals surface area (Å²) in [7, 11) is 1.77. The lowest BCUT2D eigenvalue weighted by Crippen LogP contribution is -2.65. The zero-order valence-electron chi connectivity index (χ0n) is 11.8. The highest BCUT2D eigenvalue weighted by atomic mass is 16.4. The average molecular weight is 256 g/mol. The molecule has 104 valence electrons. The lowest BCUT2D eigenvalue weighted by Gasteiger charge is -2.47. The van der Waals surface area contributed by atoms with Gasteiger partial charge in [0, 0.05) is 20.1 Å². The first kappa shape index (κ1) is 15.0. The fourth-order valence-electron chi connectivity index (χ4n) is 2.58. The average Bonchev–Trinajstić information content (AvgIpc) is 2.29. The molecular weight excluding hydrogens is 232 g/mol. The van der Waals surface area contributed by atoms with Gasteiger partial charge >= 0.3 is 5.97 Å². The normalized spacial score (nSPS) is 22.0. The van der Waals surface area contributed by atoms with E-state index >= 15 is 0 Å². The molecule has 1 heterocycles. The molecule has 1 aliphatic rings. The van der Waals surface area contributed by atoms with Crippen LogP contribution in [0.25, 0.3) is 0 Å². The van der Waals surface area contributed by atoms with Gasteiger partial charge in [-0.2, -0.15) is 0 Å². The van der Waals surface area contributed by atoms with Crippen LogP contribution < -0.4 is 0 Å². The van der Waals surface area contributed by atoms with Gasteiger partial charge in [-0.25, -0.2) is 0 Å². The Bertz CT molecular complexity index is 328. The Labute approximate surface area is 109 Å². The maximum Gasteiger partial charge on any atom is 0.320 e. The number of hydrogen-bond acceptors (Lipinski definition) is 3. The molecule has 18 heavy (non-hydrogen) atoms. The van der Waals surface area contributed by atoms with E-state index in [1.165, 1.54) is 0 Å². The summed E-state index contributed by atoms with van der Waals surface area (Å²) in [5, 5.41) is 9.37. The molecule has 0 aromatic carbocycles. The van der Waals surface area contributed by atoms with Gasteiger partial charge in [-0.15, -0.1) is 0 Å². The van der Waals surface area contributed by atoms with Gasteiger partial charge in [0.25, 0.3) is 0 Å². The lowest BCUT2D eigenvalue weighted by molar-refractivity contribution is -0.158. The van der Waals surface area contributed by atoms with Crippen LogP contribution in [0.5, 0.6) is 0 Å². The van der Waals surface area contributed by atoms with Crippen LogP contribution in [-0.4, -0.2) is 58.5 Å². The van der Waals surface area contributed by atoms with Gasteiger partial charge in [-0.1, -0.05) is 19.8 Å². The van der Waals surface area contributed by atoms with Gasteiger partial charge in [-0.05, 0) is 20.3 Å². The molecule has 0 radical (unpaired) electrons. The van der Waals surface area contributed by atoms with E-state index in [4.69, 9.17) is 0 Å². The molecule has 0 saturated carbocycles. The Morgan fingerprint density at radius 2 is 2.06 bits per heavy atom. The van der Waals surface area contributed by atoms with E-state index in [0.717, 1.165) is 12.8 Å². The minimum absolute atomic E-state index is 0.00324. The SMILES string of the molecule is CCCCC(C(=O)O)N1CCN(C)C(=O)C1(C)C. The molecule has 0 aliphatic carbocycles. The number of piperazine rings is 1. The van der Waals surface area contributed by atoms with Gasteiger partial charge in [0.2, 0.25) is 5.91 Å². The van der Waals surface area contributed by atoms with Gasteiger partial charge in [0.15, 0.2) is 0 Å². The van der Waals surface area contributed by atoms with E-state index in [1.54, 1.807) is 11.9 Å². The number of carbonyl (C=O) groups is 2. The first-order valence-corrected chi connectivity index (χ1v) is 6.57. The zero-order valence-corrected chi connectivity index (χ0v) is 11.8. The molecule has 5 heteroatoms. The van der Waals surface area contributed by atoms with Crippen molar-refractivity contribution in [1.82, 2.24) is 9.80 Å². The second-order valence-corrected chi connectivity index (χ2v) is 5.48. The predicted octanol–water partition coefficient (Wildman–Crippen LogP) is 1.18. The number of unbranched alkanes of at least 4 members (excludes halogenated alkanes) is 1. The van der Waals surface area contributed by atoms with E-state index in [2.05, 4.69) is 0 Å². The fraction of sp³-hybridized carbons (Fsp3) is 0.846. The number of carboxylic acids is 1. The molecular formula is C13H24N2O3. The fourth-order valence-corrected chi connectivity index (χ4v) is 2.58. The number of carbonyl (C=O) groups excluding carboxylic acids is 1. The summed E-state index contributed by atoms with van der Waals surface area (Å²) in [6.07, 6.45) is 2.44. The number of amides is 1. The Hall–Kier alpha value is -1.10. The Morgan fingerprint density at radius 3 is 2.56 bits per heavy atom. The minimum atomic E-state index is -0.825. The van der Waals surface area contributed by atoms with Crippen molar-refractivity contribution in [2.45, 2.75) is 51.6 Å². The largest absolute Gasteiger partial charge is 0.480 e.